The van der Waals surface area contributed by atoms with Crippen LogP contribution in [0.25, 0.3) is 0 Å². The number of fused-ring (bicyclic) bond motifs is 1. The average Bonchev–Trinajstić information content (AvgIpc) is 2.72. The quantitative estimate of drug-likeness (QED) is 0.759. The van der Waals surface area contributed by atoms with Crippen LogP contribution in [0.5, 0.6) is 5.75 Å². The third kappa shape index (κ3) is 5.51. The van der Waals surface area contributed by atoms with Crippen LogP contribution < -0.4 is 10.1 Å². The van der Waals surface area contributed by atoms with Gasteiger partial charge in [0.05, 0.1) is 25.7 Å². The van der Waals surface area contributed by atoms with Crippen LogP contribution in [0.15, 0.2) is 24.3 Å². The highest BCUT2D eigenvalue weighted by atomic mass is 32.2. The fourth-order valence-electron chi connectivity index (χ4n) is 4.39. The molecule has 2 amide bonds. The minimum atomic E-state index is -3.50. The molecule has 1 aliphatic carbocycles. The molecular weight excluding hydrogens is 406 g/mol. The fraction of sp³-hybridized carbons (Fsp3) is 0.619. The summed E-state index contributed by atoms with van der Waals surface area (Å²) in [5.41, 5.74) is 0.856. The van der Waals surface area contributed by atoms with Crippen LogP contribution in [-0.4, -0.2) is 75.0 Å². The number of hydrogen-bond acceptors (Lipinski definition) is 5. The number of carbonyl (C=O) groups excluding carboxylic acids is 2. The number of hydrogen-bond donors (Lipinski definition) is 1. The lowest BCUT2D eigenvalue weighted by atomic mass is 9.83. The zero-order valence-corrected chi connectivity index (χ0v) is 18.5. The molecule has 3 rings (SSSR count). The molecule has 9 heteroatoms. The van der Waals surface area contributed by atoms with Gasteiger partial charge in [0.15, 0.2) is 0 Å². The Kier molecular flexibility index (Phi) is 7.36. The van der Waals surface area contributed by atoms with Crippen molar-refractivity contribution in [3.63, 3.8) is 0 Å². The van der Waals surface area contributed by atoms with Gasteiger partial charge in [0.1, 0.15) is 5.75 Å². The SMILES string of the molecule is COc1ccc(CC(=O)N2CCNC(=O)[C@H]3CCCC[C@H]3N(S(C)(=O)=O)CC2)cc1. The molecule has 1 N–H and O–H groups in total. The van der Waals surface area contributed by atoms with Crippen molar-refractivity contribution in [3.8, 4) is 5.75 Å². The first-order valence-electron chi connectivity index (χ1n) is 10.4. The maximum atomic E-state index is 12.9. The number of sulfonamides is 1. The number of amides is 2. The number of rotatable bonds is 4. The molecule has 2 atom stereocenters. The predicted molar refractivity (Wildman–Crippen MR) is 114 cm³/mol. The molecule has 0 radical (unpaired) electrons. The van der Waals surface area contributed by atoms with E-state index in [4.69, 9.17) is 4.74 Å². The summed E-state index contributed by atoms with van der Waals surface area (Å²) in [6.45, 7) is 1.24. The zero-order valence-electron chi connectivity index (χ0n) is 17.7. The molecule has 2 fully saturated rings. The van der Waals surface area contributed by atoms with Crippen molar-refractivity contribution >= 4 is 21.8 Å². The molecular formula is C21H31N3O5S. The maximum Gasteiger partial charge on any atom is 0.227 e. The first-order valence-corrected chi connectivity index (χ1v) is 12.3. The van der Waals surface area contributed by atoms with E-state index in [1.165, 1.54) is 10.6 Å². The van der Waals surface area contributed by atoms with E-state index in [1.807, 2.05) is 12.1 Å². The van der Waals surface area contributed by atoms with Crippen molar-refractivity contribution in [2.75, 3.05) is 39.5 Å². The molecule has 30 heavy (non-hydrogen) atoms. The highest BCUT2D eigenvalue weighted by molar-refractivity contribution is 7.88. The average molecular weight is 438 g/mol. The Morgan fingerprint density at radius 1 is 1.13 bits per heavy atom. The summed E-state index contributed by atoms with van der Waals surface area (Å²) in [7, 11) is -1.91. The van der Waals surface area contributed by atoms with Crippen molar-refractivity contribution in [1.29, 1.82) is 0 Å². The second-order valence-electron chi connectivity index (χ2n) is 8.03. The van der Waals surface area contributed by atoms with E-state index < -0.39 is 10.0 Å². The molecule has 0 aromatic heterocycles. The molecule has 1 saturated carbocycles. The van der Waals surface area contributed by atoms with Crippen LogP contribution >= 0.6 is 0 Å². The Morgan fingerprint density at radius 2 is 1.83 bits per heavy atom. The van der Waals surface area contributed by atoms with Gasteiger partial charge in [-0.15, -0.1) is 0 Å². The topological polar surface area (TPSA) is 96.0 Å². The van der Waals surface area contributed by atoms with Crippen LogP contribution in [-0.2, 0) is 26.0 Å². The molecule has 0 unspecified atom stereocenters. The van der Waals surface area contributed by atoms with E-state index in [2.05, 4.69) is 5.32 Å². The molecule has 2 aliphatic rings. The van der Waals surface area contributed by atoms with Gasteiger partial charge in [-0.05, 0) is 30.5 Å². The highest BCUT2D eigenvalue weighted by Crippen LogP contribution is 2.30. The monoisotopic (exact) mass is 437 g/mol. The summed E-state index contributed by atoms with van der Waals surface area (Å²) in [6, 6.07) is 6.95. The first kappa shape index (κ1) is 22.6. The van der Waals surface area contributed by atoms with E-state index in [0.29, 0.717) is 32.5 Å². The summed E-state index contributed by atoms with van der Waals surface area (Å²) in [5, 5.41) is 2.92. The lowest BCUT2D eigenvalue weighted by Gasteiger charge is -2.39. The normalized spacial score (nSPS) is 23.9. The zero-order chi connectivity index (χ0) is 21.7. The summed E-state index contributed by atoms with van der Waals surface area (Å²) in [5.74, 6) is 0.190. The third-order valence-electron chi connectivity index (χ3n) is 6.00. The van der Waals surface area contributed by atoms with Crippen molar-refractivity contribution in [1.82, 2.24) is 14.5 Å². The lowest BCUT2D eigenvalue weighted by molar-refractivity contribution is -0.133. The minimum absolute atomic E-state index is 0.0939. The fourth-order valence-corrected chi connectivity index (χ4v) is 5.55. The molecule has 0 spiro atoms. The smallest absolute Gasteiger partial charge is 0.227 e. The number of nitrogens with one attached hydrogen (secondary N) is 1. The summed E-state index contributed by atoms with van der Waals surface area (Å²) < 4.78 is 31.6. The van der Waals surface area contributed by atoms with Crippen molar-refractivity contribution < 1.29 is 22.7 Å². The van der Waals surface area contributed by atoms with Gasteiger partial charge in [-0.1, -0.05) is 25.0 Å². The van der Waals surface area contributed by atoms with Crippen molar-refractivity contribution in [2.24, 2.45) is 5.92 Å². The van der Waals surface area contributed by atoms with E-state index in [0.717, 1.165) is 24.2 Å². The Labute approximate surface area is 178 Å². The summed E-state index contributed by atoms with van der Waals surface area (Å²) in [6.07, 6.45) is 4.60. The molecule has 1 aliphatic heterocycles. The minimum Gasteiger partial charge on any atom is -0.497 e. The van der Waals surface area contributed by atoms with Gasteiger partial charge in [-0.2, -0.15) is 4.31 Å². The summed E-state index contributed by atoms with van der Waals surface area (Å²) >= 11 is 0. The molecule has 0 bridgehead atoms. The predicted octanol–water partition coefficient (Wildman–Crippen LogP) is 1.02. The molecule has 166 valence electrons. The van der Waals surface area contributed by atoms with Crippen LogP contribution in [0.2, 0.25) is 0 Å². The van der Waals surface area contributed by atoms with Gasteiger partial charge in [0.25, 0.3) is 0 Å². The Hall–Kier alpha value is -2.13. The van der Waals surface area contributed by atoms with Crippen LogP contribution in [0.1, 0.15) is 31.2 Å². The maximum absolute atomic E-state index is 12.9. The molecule has 1 aromatic carbocycles. The Balaban J connectivity index is 1.76. The van der Waals surface area contributed by atoms with E-state index in [1.54, 1.807) is 24.1 Å². The van der Waals surface area contributed by atoms with Gasteiger partial charge in [-0.25, -0.2) is 8.42 Å². The van der Waals surface area contributed by atoms with Gasteiger partial charge < -0.3 is 15.0 Å². The first-order chi connectivity index (χ1) is 14.3. The third-order valence-corrected chi connectivity index (χ3v) is 7.31. The molecule has 1 saturated heterocycles. The van der Waals surface area contributed by atoms with Gasteiger partial charge >= 0.3 is 0 Å². The number of methoxy groups -OCH3 is 1. The van der Waals surface area contributed by atoms with E-state index >= 15 is 0 Å². The molecule has 8 nitrogen and oxygen atoms in total. The van der Waals surface area contributed by atoms with Crippen molar-refractivity contribution in [2.45, 2.75) is 38.1 Å². The van der Waals surface area contributed by atoms with Crippen LogP contribution in [0.3, 0.4) is 0 Å². The molecule has 1 heterocycles. The van der Waals surface area contributed by atoms with E-state index in [9.17, 15) is 18.0 Å². The standard InChI is InChI=1S/C21H31N3O5S/c1-29-17-9-7-16(8-10-17)15-20(25)23-12-11-22-21(26)18-5-3-4-6-19(18)24(14-13-23)30(2,27)28/h7-10,18-19H,3-6,11-15H2,1-2H3,(H,22,26)/t18-,19+/m0/s1. The second-order valence-corrected chi connectivity index (χ2v) is 9.96. The largest absolute Gasteiger partial charge is 0.497 e. The number of nitrogens with zero attached hydrogens (tertiary/aromatic N) is 2. The Bertz CT molecular complexity index is 856. The van der Waals surface area contributed by atoms with Gasteiger partial charge in [0.2, 0.25) is 21.8 Å². The highest BCUT2D eigenvalue weighted by Gasteiger charge is 2.39. The molecule has 1 aromatic rings. The van der Waals surface area contributed by atoms with Gasteiger partial charge in [0, 0.05) is 32.2 Å². The second kappa shape index (κ2) is 9.78. The van der Waals surface area contributed by atoms with Crippen LogP contribution in [0.4, 0.5) is 0 Å². The van der Waals surface area contributed by atoms with Crippen LogP contribution in [0, 0.1) is 5.92 Å². The lowest BCUT2D eigenvalue weighted by Crippen LogP contribution is -2.55. The van der Waals surface area contributed by atoms with Gasteiger partial charge in [-0.3, -0.25) is 9.59 Å². The Morgan fingerprint density at radius 3 is 2.50 bits per heavy atom. The number of ether oxygens (including phenoxy) is 1. The van der Waals surface area contributed by atoms with E-state index in [-0.39, 0.29) is 36.7 Å². The number of carbonyl (C=O) groups is 2. The van der Waals surface area contributed by atoms with Crippen molar-refractivity contribution in [3.05, 3.63) is 29.8 Å². The number of benzene rings is 1. The summed E-state index contributed by atoms with van der Waals surface area (Å²) in [4.78, 5) is 27.3.